The molecule has 0 unspecified atom stereocenters. The van der Waals surface area contributed by atoms with E-state index < -0.39 is 0 Å². The second kappa shape index (κ2) is 7.52. The third-order valence-electron chi connectivity index (χ3n) is 3.51. The van der Waals surface area contributed by atoms with E-state index >= 15 is 0 Å². The van der Waals surface area contributed by atoms with Crippen LogP contribution in [-0.2, 0) is 11.3 Å². The summed E-state index contributed by atoms with van der Waals surface area (Å²) in [6.07, 6.45) is 0. The molecule has 26 heavy (non-hydrogen) atoms. The predicted molar refractivity (Wildman–Crippen MR) is 105 cm³/mol. The van der Waals surface area contributed by atoms with E-state index in [0.29, 0.717) is 16.8 Å². The van der Waals surface area contributed by atoms with E-state index in [1.54, 1.807) is 16.0 Å². The zero-order valence-corrected chi connectivity index (χ0v) is 16.2. The van der Waals surface area contributed by atoms with Crippen LogP contribution in [0.5, 0.6) is 0 Å². The maximum Gasteiger partial charge on any atom is 0.236 e. The van der Waals surface area contributed by atoms with E-state index in [4.69, 9.17) is 0 Å². The van der Waals surface area contributed by atoms with Gasteiger partial charge in [-0.2, -0.15) is 0 Å². The number of carbonyl (C=O) groups is 1. The molecule has 0 aliphatic heterocycles. The second-order valence-electron chi connectivity index (χ2n) is 5.53. The van der Waals surface area contributed by atoms with E-state index in [9.17, 15) is 4.79 Å². The first kappa shape index (κ1) is 17.1. The average Bonchev–Trinajstić information content (AvgIpc) is 3.34. The number of amides is 1. The molecule has 0 saturated heterocycles. The Kier molecular flexibility index (Phi) is 4.96. The Labute approximate surface area is 161 Å². The van der Waals surface area contributed by atoms with Gasteiger partial charge in [-0.1, -0.05) is 35.2 Å². The van der Waals surface area contributed by atoms with Crippen LogP contribution in [0.25, 0.3) is 10.2 Å². The number of hydrogen-bond acceptors (Lipinski definition) is 8. The van der Waals surface area contributed by atoms with Gasteiger partial charge in [-0.15, -0.1) is 16.4 Å². The molecule has 0 radical (unpaired) electrons. The van der Waals surface area contributed by atoms with Gasteiger partial charge in [-0.3, -0.25) is 4.79 Å². The molecule has 7 nitrogen and oxygen atoms in total. The number of nitrogens with one attached hydrogen (secondary N) is 1. The largest absolute Gasteiger partial charge is 0.301 e. The zero-order chi connectivity index (χ0) is 17.9. The Hall–Kier alpha value is -2.30. The van der Waals surface area contributed by atoms with Gasteiger partial charge in [-0.05, 0) is 46.5 Å². The Balaban J connectivity index is 1.37. The molecule has 0 aliphatic carbocycles. The number of aromatic nitrogens is 5. The maximum absolute atomic E-state index is 12.2. The number of rotatable bonds is 6. The number of benzene rings is 1. The van der Waals surface area contributed by atoms with Crippen LogP contribution in [0.4, 0.5) is 5.13 Å². The summed E-state index contributed by atoms with van der Waals surface area (Å²) in [5.41, 5.74) is 2.07. The van der Waals surface area contributed by atoms with Crippen LogP contribution < -0.4 is 5.32 Å². The first-order valence-electron chi connectivity index (χ1n) is 7.76. The van der Waals surface area contributed by atoms with Crippen LogP contribution in [0.1, 0.15) is 10.4 Å². The van der Waals surface area contributed by atoms with Crippen LogP contribution in [0.2, 0.25) is 0 Å². The van der Waals surface area contributed by atoms with Crippen molar-refractivity contribution in [2.75, 3.05) is 11.1 Å². The molecule has 1 aromatic carbocycles. The summed E-state index contributed by atoms with van der Waals surface area (Å²) in [6.45, 7) is 2.64. The summed E-state index contributed by atoms with van der Waals surface area (Å²) in [5, 5.41) is 17.8. The molecule has 4 aromatic rings. The number of nitrogens with zero attached hydrogens (tertiary/aromatic N) is 5. The van der Waals surface area contributed by atoms with Crippen molar-refractivity contribution in [3.63, 3.8) is 0 Å². The molecule has 0 saturated carbocycles. The Morgan fingerprint density at radius 3 is 3.12 bits per heavy atom. The van der Waals surface area contributed by atoms with Gasteiger partial charge in [0, 0.05) is 4.88 Å². The second-order valence-corrected chi connectivity index (χ2v) is 8.53. The topological polar surface area (TPSA) is 85.6 Å². The zero-order valence-electron chi connectivity index (χ0n) is 13.7. The average molecular weight is 403 g/mol. The molecule has 0 aliphatic rings. The van der Waals surface area contributed by atoms with E-state index in [-0.39, 0.29) is 11.7 Å². The number of tetrazole rings is 1. The fourth-order valence-corrected chi connectivity index (χ4v) is 4.66. The van der Waals surface area contributed by atoms with Crippen LogP contribution in [0.3, 0.4) is 0 Å². The molecular formula is C16H14N6OS3. The minimum atomic E-state index is -0.128. The molecule has 0 fully saturated rings. The van der Waals surface area contributed by atoms with Gasteiger partial charge in [0.1, 0.15) is 0 Å². The fraction of sp³-hybridized carbons (Fsp3) is 0.188. The summed E-state index contributed by atoms with van der Waals surface area (Å²) >= 11 is 4.43. The normalized spacial score (nSPS) is 11.1. The first-order chi connectivity index (χ1) is 12.7. The quantitative estimate of drug-likeness (QED) is 0.497. The van der Waals surface area contributed by atoms with Crippen molar-refractivity contribution in [3.8, 4) is 0 Å². The van der Waals surface area contributed by atoms with Gasteiger partial charge in [0.05, 0.1) is 22.5 Å². The standard InChI is InChI=1S/C16H14N6OS3/c1-10-4-5-12-13(7-10)26-15(17-12)18-14(23)9-25-16-19-20-21-22(16)8-11-3-2-6-24-11/h2-7H,8-9H2,1H3,(H,17,18,23). The Morgan fingerprint density at radius 1 is 1.35 bits per heavy atom. The van der Waals surface area contributed by atoms with Crippen LogP contribution >= 0.6 is 34.4 Å². The van der Waals surface area contributed by atoms with Gasteiger partial charge < -0.3 is 5.32 Å². The Morgan fingerprint density at radius 2 is 2.27 bits per heavy atom. The van der Waals surface area contributed by atoms with E-state index in [1.807, 2.05) is 36.6 Å². The number of aryl methyl sites for hydroxylation is 1. The van der Waals surface area contributed by atoms with Crippen molar-refractivity contribution in [3.05, 3.63) is 46.2 Å². The molecule has 10 heteroatoms. The molecule has 0 atom stereocenters. The predicted octanol–water partition coefficient (Wildman–Crippen LogP) is 3.43. The maximum atomic E-state index is 12.2. The molecule has 1 amide bonds. The lowest BCUT2D eigenvalue weighted by Gasteiger charge is -2.03. The van der Waals surface area contributed by atoms with E-state index in [2.05, 4.69) is 31.9 Å². The van der Waals surface area contributed by atoms with Gasteiger partial charge in [0.15, 0.2) is 5.13 Å². The van der Waals surface area contributed by atoms with Crippen LogP contribution in [0, 0.1) is 6.92 Å². The van der Waals surface area contributed by atoms with Crippen molar-refractivity contribution < 1.29 is 4.79 Å². The number of thiophene rings is 1. The Bertz CT molecular complexity index is 1040. The smallest absolute Gasteiger partial charge is 0.236 e. The van der Waals surface area contributed by atoms with Crippen molar-refractivity contribution in [2.45, 2.75) is 18.6 Å². The van der Waals surface area contributed by atoms with E-state index in [0.717, 1.165) is 15.1 Å². The highest BCUT2D eigenvalue weighted by Gasteiger charge is 2.12. The summed E-state index contributed by atoms with van der Waals surface area (Å²) < 4.78 is 2.76. The minimum absolute atomic E-state index is 0.128. The molecule has 1 N–H and O–H groups in total. The molecule has 4 rings (SSSR count). The highest BCUT2D eigenvalue weighted by molar-refractivity contribution is 7.99. The number of thiazole rings is 1. The molecule has 3 aromatic heterocycles. The fourth-order valence-electron chi connectivity index (χ4n) is 2.32. The third kappa shape index (κ3) is 3.92. The lowest BCUT2D eigenvalue weighted by Crippen LogP contribution is -2.14. The minimum Gasteiger partial charge on any atom is -0.301 e. The van der Waals surface area contributed by atoms with Crippen molar-refractivity contribution in [1.82, 2.24) is 25.2 Å². The van der Waals surface area contributed by atoms with Crippen molar-refractivity contribution in [2.24, 2.45) is 0 Å². The SMILES string of the molecule is Cc1ccc2nc(NC(=O)CSc3nnnn3Cc3cccs3)sc2c1. The summed E-state index contributed by atoms with van der Waals surface area (Å²) in [7, 11) is 0. The number of hydrogen-bond donors (Lipinski definition) is 1. The van der Waals surface area contributed by atoms with E-state index in [1.165, 1.54) is 28.7 Å². The number of anilines is 1. The number of carbonyl (C=O) groups excluding carboxylic acids is 1. The molecular weight excluding hydrogens is 388 g/mol. The van der Waals surface area contributed by atoms with Gasteiger partial charge >= 0.3 is 0 Å². The van der Waals surface area contributed by atoms with Crippen molar-refractivity contribution in [1.29, 1.82) is 0 Å². The lowest BCUT2D eigenvalue weighted by molar-refractivity contribution is -0.113. The molecule has 132 valence electrons. The summed E-state index contributed by atoms with van der Waals surface area (Å²) in [5.74, 6) is 0.0937. The molecule has 3 heterocycles. The summed E-state index contributed by atoms with van der Waals surface area (Å²) in [4.78, 5) is 17.8. The highest BCUT2D eigenvalue weighted by Crippen LogP contribution is 2.27. The lowest BCUT2D eigenvalue weighted by atomic mass is 10.2. The first-order valence-corrected chi connectivity index (χ1v) is 10.4. The highest BCUT2D eigenvalue weighted by atomic mass is 32.2. The van der Waals surface area contributed by atoms with Gasteiger partial charge in [-0.25, -0.2) is 9.67 Å². The summed E-state index contributed by atoms with van der Waals surface area (Å²) in [6, 6.07) is 10.1. The van der Waals surface area contributed by atoms with Gasteiger partial charge in [0.25, 0.3) is 0 Å². The van der Waals surface area contributed by atoms with Gasteiger partial charge in [0.2, 0.25) is 11.1 Å². The number of fused-ring (bicyclic) bond motifs is 1. The number of thioether (sulfide) groups is 1. The van der Waals surface area contributed by atoms with Crippen LogP contribution in [0.15, 0.2) is 40.9 Å². The van der Waals surface area contributed by atoms with Crippen LogP contribution in [-0.4, -0.2) is 36.9 Å². The third-order valence-corrected chi connectivity index (χ3v) is 6.26. The van der Waals surface area contributed by atoms with Crippen molar-refractivity contribution >= 4 is 55.7 Å². The molecule has 0 spiro atoms. The monoisotopic (exact) mass is 402 g/mol. The molecule has 0 bridgehead atoms.